The van der Waals surface area contributed by atoms with Gasteiger partial charge in [0.25, 0.3) is 0 Å². The number of imidazole rings is 1. The number of aliphatic hydroxyl groups is 2. The predicted octanol–water partition coefficient (Wildman–Crippen LogP) is -2.29. The molecule has 9 nitrogen and oxygen atoms in total. The first-order valence-corrected chi connectivity index (χ1v) is 8.49. The number of H-pyrrole nitrogens is 1. The Morgan fingerprint density at radius 2 is 2.17 bits per heavy atom. The van der Waals surface area contributed by atoms with Gasteiger partial charge in [0, 0.05) is 0 Å². The molecule has 5 N–H and O–H groups in total. The molecule has 0 spiro atoms. The maximum atomic E-state index is 9.68. The molecule has 0 bridgehead atoms. The summed E-state index contributed by atoms with van der Waals surface area (Å²) in [6, 6.07) is 0. The Bertz CT molecular complexity index is 733. The largest absolute Gasteiger partial charge is 0.394 e. The molecule has 3 heterocycles. The Morgan fingerprint density at radius 3 is 2.83 bits per heavy atom. The van der Waals surface area contributed by atoms with Gasteiger partial charge in [0.15, 0.2) is 11.1 Å². The van der Waals surface area contributed by atoms with Gasteiger partial charge < -0.3 is 29.6 Å². The quantitative estimate of drug-likeness (QED) is 0.407. The van der Waals surface area contributed by atoms with E-state index in [0.717, 1.165) is 32.1 Å². The fraction of sp³-hybridized carbons (Fsp3) is 0.667. The van der Waals surface area contributed by atoms with Crippen LogP contribution in [0.1, 0.15) is 13.3 Å². The third-order valence-electron chi connectivity index (χ3n) is 4.50. The van der Waals surface area contributed by atoms with Gasteiger partial charge in [0.05, 0.1) is 58.3 Å². The van der Waals surface area contributed by atoms with Crippen molar-refractivity contribution < 1.29 is 15.1 Å². The second-order valence-electron chi connectivity index (χ2n) is 6.33. The highest BCUT2D eigenvalue weighted by Crippen LogP contribution is 2.14. The predicted molar refractivity (Wildman–Crippen MR) is 88.9 cm³/mol. The van der Waals surface area contributed by atoms with Crippen molar-refractivity contribution in [3.63, 3.8) is 0 Å². The van der Waals surface area contributed by atoms with Crippen LogP contribution in [-0.4, -0.2) is 75.2 Å². The molecular formula is C15H26N7O2+. The average molecular weight is 336 g/mol. The summed E-state index contributed by atoms with van der Waals surface area (Å²) < 4.78 is 1.67. The summed E-state index contributed by atoms with van der Waals surface area (Å²) in [5.41, 5.74) is 1.27. The highest BCUT2D eigenvalue weighted by Gasteiger charge is 2.22. The normalized spacial score (nSPS) is 17.5. The van der Waals surface area contributed by atoms with Crippen molar-refractivity contribution >= 4 is 17.1 Å². The van der Waals surface area contributed by atoms with Crippen molar-refractivity contribution in [2.75, 3.05) is 44.2 Å². The van der Waals surface area contributed by atoms with Gasteiger partial charge in [0.2, 0.25) is 5.95 Å². The van der Waals surface area contributed by atoms with Crippen LogP contribution in [0, 0.1) is 5.41 Å². The van der Waals surface area contributed by atoms with Gasteiger partial charge >= 0.3 is 0 Å². The number of rotatable bonds is 6. The number of fused-ring (bicyclic) bond motifs is 1. The van der Waals surface area contributed by atoms with Gasteiger partial charge in [-0.3, -0.25) is 5.41 Å². The second kappa shape index (κ2) is 7.29. The minimum absolute atomic E-state index is 0.133. The summed E-state index contributed by atoms with van der Waals surface area (Å²) in [5, 5.41) is 26.7. The van der Waals surface area contributed by atoms with E-state index < -0.39 is 6.10 Å². The molecule has 1 fully saturated rings. The number of nitrogens with one attached hydrogen (secondary N) is 3. The van der Waals surface area contributed by atoms with Gasteiger partial charge in [-0.2, -0.15) is 4.98 Å². The number of hydrogen-bond acceptors (Lipinski definition) is 6. The summed E-state index contributed by atoms with van der Waals surface area (Å²) in [5.74, 6) is 0.745. The lowest BCUT2D eigenvalue weighted by atomic mass is 10.3. The van der Waals surface area contributed by atoms with E-state index in [2.05, 4.69) is 26.8 Å². The van der Waals surface area contributed by atoms with Crippen LogP contribution in [0.15, 0.2) is 6.33 Å². The maximum absolute atomic E-state index is 9.68. The first-order valence-electron chi connectivity index (χ1n) is 8.49. The topological polar surface area (TPSA) is 118 Å². The van der Waals surface area contributed by atoms with Gasteiger partial charge in [-0.15, -0.1) is 0 Å². The van der Waals surface area contributed by atoms with Crippen LogP contribution >= 0.6 is 0 Å². The van der Waals surface area contributed by atoms with Crippen molar-refractivity contribution in [2.24, 2.45) is 0 Å². The van der Waals surface area contributed by atoms with Gasteiger partial charge in [-0.1, -0.05) is 6.92 Å². The van der Waals surface area contributed by atoms with E-state index >= 15 is 0 Å². The standard InChI is InChI=1S/C15H25N7O2/c1-2-3-20-4-6-21(7-5-20)15-18-12-13(16)17-10-22(14(12)19-15)8-11(24)9-23/h10-11,16,23-24H,2-9H2,1H3,(H,18,19)/p+1/t11-/m0/s1. The Hall–Kier alpha value is -1.97. The highest BCUT2D eigenvalue weighted by atomic mass is 16.3. The first-order chi connectivity index (χ1) is 11.6. The van der Waals surface area contributed by atoms with Crippen molar-refractivity contribution in [1.82, 2.24) is 19.5 Å². The molecule has 0 saturated carbocycles. The molecular weight excluding hydrogens is 310 g/mol. The van der Waals surface area contributed by atoms with Gasteiger partial charge in [-0.25, -0.2) is 4.98 Å². The van der Waals surface area contributed by atoms with E-state index in [1.54, 1.807) is 9.47 Å². The van der Waals surface area contributed by atoms with Crippen molar-refractivity contribution in [2.45, 2.75) is 26.0 Å². The SMILES string of the molecule is CCC[NH+]1CCN(c2nc3c([nH]2)c(=N)ncn3C[C@H](O)CO)CC1. The van der Waals surface area contributed by atoms with E-state index in [1.807, 2.05) is 0 Å². The number of aromatic nitrogens is 4. The molecule has 0 aromatic carbocycles. The van der Waals surface area contributed by atoms with Crippen molar-refractivity contribution in [3.8, 4) is 0 Å². The molecule has 0 unspecified atom stereocenters. The zero-order chi connectivity index (χ0) is 17.1. The number of piperazine rings is 1. The van der Waals surface area contributed by atoms with Gasteiger partial charge in [0.1, 0.15) is 5.52 Å². The molecule has 24 heavy (non-hydrogen) atoms. The van der Waals surface area contributed by atoms with Crippen LogP contribution in [0.3, 0.4) is 0 Å². The van der Waals surface area contributed by atoms with Crippen LogP contribution in [0.5, 0.6) is 0 Å². The molecule has 2 aromatic heterocycles. The van der Waals surface area contributed by atoms with Crippen LogP contribution in [0.2, 0.25) is 0 Å². The molecule has 1 aliphatic heterocycles. The molecule has 132 valence electrons. The lowest BCUT2D eigenvalue weighted by molar-refractivity contribution is -0.900. The molecule has 9 heteroatoms. The summed E-state index contributed by atoms with van der Waals surface area (Å²) in [6.07, 6.45) is 1.80. The van der Waals surface area contributed by atoms with E-state index in [0.29, 0.717) is 11.2 Å². The van der Waals surface area contributed by atoms with E-state index in [1.165, 1.54) is 19.3 Å². The molecule has 1 aliphatic rings. The van der Waals surface area contributed by atoms with Crippen LogP contribution in [0.25, 0.3) is 11.2 Å². The Balaban J connectivity index is 1.84. The average Bonchev–Trinajstić information content (AvgIpc) is 3.05. The number of aliphatic hydroxyl groups excluding tert-OH is 2. The number of quaternary nitrogens is 1. The lowest BCUT2D eigenvalue weighted by Crippen LogP contribution is -3.14. The minimum atomic E-state index is -0.877. The minimum Gasteiger partial charge on any atom is -0.394 e. The molecule has 1 atom stereocenters. The van der Waals surface area contributed by atoms with Crippen LogP contribution in [-0.2, 0) is 6.54 Å². The molecule has 0 amide bonds. The molecule has 3 rings (SSSR count). The number of anilines is 1. The van der Waals surface area contributed by atoms with Crippen molar-refractivity contribution in [3.05, 3.63) is 11.8 Å². The summed E-state index contributed by atoms with van der Waals surface area (Å²) in [7, 11) is 0. The monoisotopic (exact) mass is 336 g/mol. The van der Waals surface area contributed by atoms with Crippen LogP contribution in [0.4, 0.5) is 5.95 Å². The fourth-order valence-electron chi connectivity index (χ4n) is 3.18. The highest BCUT2D eigenvalue weighted by molar-refractivity contribution is 5.72. The summed E-state index contributed by atoms with van der Waals surface area (Å²) in [6.45, 7) is 7.30. The maximum Gasteiger partial charge on any atom is 0.205 e. The smallest absolute Gasteiger partial charge is 0.205 e. The zero-order valence-corrected chi connectivity index (χ0v) is 14.0. The Labute approximate surface area is 140 Å². The summed E-state index contributed by atoms with van der Waals surface area (Å²) in [4.78, 5) is 15.7. The molecule has 2 aromatic rings. The van der Waals surface area contributed by atoms with Crippen molar-refractivity contribution in [1.29, 1.82) is 5.41 Å². The van der Waals surface area contributed by atoms with E-state index in [4.69, 9.17) is 10.5 Å². The zero-order valence-electron chi connectivity index (χ0n) is 14.0. The second-order valence-corrected chi connectivity index (χ2v) is 6.33. The Morgan fingerprint density at radius 1 is 1.42 bits per heavy atom. The molecule has 0 radical (unpaired) electrons. The number of hydrogen-bond donors (Lipinski definition) is 5. The number of aromatic amines is 1. The van der Waals surface area contributed by atoms with E-state index in [9.17, 15) is 5.11 Å². The fourth-order valence-corrected chi connectivity index (χ4v) is 3.18. The molecule has 0 aliphatic carbocycles. The van der Waals surface area contributed by atoms with Crippen LogP contribution < -0.4 is 15.3 Å². The number of nitrogens with zero attached hydrogens (tertiary/aromatic N) is 4. The third kappa shape index (κ3) is 3.42. The molecule has 1 saturated heterocycles. The van der Waals surface area contributed by atoms with Gasteiger partial charge in [-0.05, 0) is 6.42 Å². The summed E-state index contributed by atoms with van der Waals surface area (Å²) >= 11 is 0. The first kappa shape index (κ1) is 16.9. The van der Waals surface area contributed by atoms with E-state index in [-0.39, 0.29) is 18.6 Å². The Kier molecular flexibility index (Phi) is 5.12. The third-order valence-corrected chi connectivity index (χ3v) is 4.50. The lowest BCUT2D eigenvalue weighted by Gasteiger charge is -2.31.